The van der Waals surface area contributed by atoms with E-state index in [0.29, 0.717) is 25.9 Å². The van der Waals surface area contributed by atoms with Crippen LogP contribution in [0.3, 0.4) is 0 Å². The van der Waals surface area contributed by atoms with E-state index >= 15 is 0 Å². The van der Waals surface area contributed by atoms with E-state index < -0.39 is 10.0 Å². The van der Waals surface area contributed by atoms with E-state index in [1.165, 1.54) is 4.31 Å². The Bertz CT molecular complexity index is 889. The van der Waals surface area contributed by atoms with Crippen molar-refractivity contribution < 1.29 is 17.9 Å². The summed E-state index contributed by atoms with van der Waals surface area (Å²) in [6.07, 6.45) is 0.884. The first-order valence-electron chi connectivity index (χ1n) is 9.84. The van der Waals surface area contributed by atoms with Crippen molar-refractivity contribution in [3.8, 4) is 5.75 Å². The van der Waals surface area contributed by atoms with Gasteiger partial charge in [-0.2, -0.15) is 4.31 Å². The zero-order valence-electron chi connectivity index (χ0n) is 17.5. The molecule has 2 aromatic rings. The normalized spacial score (nSPS) is 12.6. The number of carbonyl (C=O) groups is 1. The molecular weight excluding hydrogens is 388 g/mol. The molecule has 6 nitrogen and oxygen atoms in total. The lowest BCUT2D eigenvalue weighted by Gasteiger charge is -2.18. The molecule has 0 saturated carbocycles. The van der Waals surface area contributed by atoms with E-state index in [0.717, 1.165) is 16.9 Å². The summed E-state index contributed by atoms with van der Waals surface area (Å²) < 4.78 is 31.6. The molecule has 1 atom stereocenters. The maximum atomic E-state index is 12.5. The molecule has 2 aromatic carbocycles. The van der Waals surface area contributed by atoms with Gasteiger partial charge in [0.1, 0.15) is 5.75 Å². The molecular formula is C22H30N2O4S. The average molecular weight is 419 g/mol. The molecule has 158 valence electrons. The van der Waals surface area contributed by atoms with E-state index in [1.54, 1.807) is 31.4 Å². The van der Waals surface area contributed by atoms with Crippen LogP contribution in [0.25, 0.3) is 0 Å². The second kappa shape index (κ2) is 10.4. The quantitative estimate of drug-likeness (QED) is 0.640. The molecule has 0 spiro atoms. The summed E-state index contributed by atoms with van der Waals surface area (Å²) in [7, 11) is -1.84. The van der Waals surface area contributed by atoms with E-state index in [-0.39, 0.29) is 16.8 Å². The maximum absolute atomic E-state index is 12.5. The van der Waals surface area contributed by atoms with Gasteiger partial charge in [0.2, 0.25) is 15.9 Å². The molecule has 0 aliphatic carbocycles. The third-order valence-corrected chi connectivity index (χ3v) is 6.96. The first-order valence-corrected chi connectivity index (χ1v) is 11.3. The van der Waals surface area contributed by atoms with Gasteiger partial charge in [-0.15, -0.1) is 0 Å². The Morgan fingerprint density at radius 3 is 2.14 bits per heavy atom. The van der Waals surface area contributed by atoms with Crippen molar-refractivity contribution in [1.29, 1.82) is 0 Å². The number of hydrogen-bond acceptors (Lipinski definition) is 4. The fourth-order valence-corrected chi connectivity index (χ4v) is 4.55. The molecule has 7 heteroatoms. The highest BCUT2D eigenvalue weighted by molar-refractivity contribution is 7.89. The topological polar surface area (TPSA) is 75.7 Å². The summed E-state index contributed by atoms with van der Waals surface area (Å²) in [6, 6.07) is 14.3. The number of nitrogens with one attached hydrogen (secondary N) is 1. The minimum Gasteiger partial charge on any atom is -0.497 e. The van der Waals surface area contributed by atoms with Gasteiger partial charge in [0, 0.05) is 19.5 Å². The van der Waals surface area contributed by atoms with Gasteiger partial charge in [0.25, 0.3) is 0 Å². The molecule has 0 heterocycles. The van der Waals surface area contributed by atoms with Gasteiger partial charge in [-0.3, -0.25) is 4.79 Å². The van der Waals surface area contributed by atoms with E-state index in [1.807, 2.05) is 45.0 Å². The number of aryl methyl sites for hydroxylation is 1. The SMILES string of the molecule is CCN(CC)S(=O)(=O)c1ccc(CCC(=O)N[C@@H](C)c2ccc(OC)cc2)cc1. The van der Waals surface area contributed by atoms with E-state index in [4.69, 9.17) is 4.74 Å². The number of amides is 1. The largest absolute Gasteiger partial charge is 0.497 e. The number of carbonyl (C=O) groups excluding carboxylic acids is 1. The molecule has 0 fully saturated rings. The van der Waals surface area contributed by atoms with Crippen LogP contribution in [0.4, 0.5) is 0 Å². The highest BCUT2D eigenvalue weighted by Crippen LogP contribution is 2.19. The van der Waals surface area contributed by atoms with Crippen molar-refractivity contribution in [3.63, 3.8) is 0 Å². The van der Waals surface area contributed by atoms with Crippen LogP contribution >= 0.6 is 0 Å². The van der Waals surface area contributed by atoms with Crippen LogP contribution in [0.1, 0.15) is 44.4 Å². The third-order valence-electron chi connectivity index (χ3n) is 4.90. The average Bonchev–Trinajstić information content (AvgIpc) is 2.73. The Morgan fingerprint density at radius 2 is 1.62 bits per heavy atom. The molecule has 0 aromatic heterocycles. The van der Waals surface area contributed by atoms with Crippen LogP contribution in [0, 0.1) is 0 Å². The minimum atomic E-state index is -3.46. The fraction of sp³-hybridized carbons (Fsp3) is 0.409. The predicted octanol–water partition coefficient (Wildman–Crippen LogP) is 3.54. The molecule has 0 bridgehead atoms. The fourth-order valence-electron chi connectivity index (χ4n) is 3.09. The molecule has 0 aliphatic rings. The lowest BCUT2D eigenvalue weighted by Crippen LogP contribution is -2.30. The summed E-state index contributed by atoms with van der Waals surface area (Å²) in [5, 5.41) is 2.99. The highest BCUT2D eigenvalue weighted by Gasteiger charge is 2.21. The van der Waals surface area contributed by atoms with Crippen LogP contribution < -0.4 is 10.1 Å². The maximum Gasteiger partial charge on any atom is 0.243 e. The zero-order chi connectivity index (χ0) is 21.4. The third kappa shape index (κ3) is 6.05. The van der Waals surface area contributed by atoms with Gasteiger partial charge >= 0.3 is 0 Å². The molecule has 0 aliphatic heterocycles. The first kappa shape index (κ1) is 22.9. The van der Waals surface area contributed by atoms with Gasteiger partial charge in [-0.25, -0.2) is 8.42 Å². The lowest BCUT2D eigenvalue weighted by molar-refractivity contribution is -0.121. The zero-order valence-corrected chi connectivity index (χ0v) is 18.3. The lowest BCUT2D eigenvalue weighted by atomic mass is 10.1. The molecule has 0 radical (unpaired) electrons. The molecule has 1 N–H and O–H groups in total. The van der Waals surface area contributed by atoms with Crippen molar-refractivity contribution in [2.45, 2.75) is 44.6 Å². The number of hydrogen-bond donors (Lipinski definition) is 1. The summed E-state index contributed by atoms with van der Waals surface area (Å²) >= 11 is 0. The Hall–Kier alpha value is -2.38. The Kier molecular flexibility index (Phi) is 8.22. The molecule has 0 unspecified atom stereocenters. The van der Waals surface area contributed by atoms with E-state index in [2.05, 4.69) is 5.32 Å². The predicted molar refractivity (Wildman–Crippen MR) is 114 cm³/mol. The summed E-state index contributed by atoms with van der Waals surface area (Å²) in [6.45, 7) is 6.45. The van der Waals surface area contributed by atoms with Gasteiger partial charge < -0.3 is 10.1 Å². The van der Waals surface area contributed by atoms with Gasteiger partial charge in [0.05, 0.1) is 18.0 Å². The van der Waals surface area contributed by atoms with Crippen molar-refractivity contribution in [2.75, 3.05) is 20.2 Å². The smallest absolute Gasteiger partial charge is 0.243 e. The van der Waals surface area contributed by atoms with Crippen molar-refractivity contribution in [2.24, 2.45) is 0 Å². The summed E-state index contributed by atoms with van der Waals surface area (Å²) in [5.74, 6) is 0.729. The number of ether oxygens (including phenoxy) is 1. The van der Waals surface area contributed by atoms with Crippen molar-refractivity contribution in [1.82, 2.24) is 9.62 Å². The standard InChI is InChI=1S/C22H30N2O4S/c1-5-24(6-2)29(26,27)21-14-7-18(8-15-21)9-16-22(25)23-17(3)19-10-12-20(28-4)13-11-19/h7-8,10-15,17H,5-6,9,16H2,1-4H3,(H,23,25)/t17-/m0/s1. The van der Waals surface area contributed by atoms with Crippen LogP contribution in [-0.4, -0.2) is 38.8 Å². The molecule has 2 rings (SSSR count). The first-order chi connectivity index (χ1) is 13.8. The molecule has 1 amide bonds. The number of sulfonamides is 1. The number of benzene rings is 2. The van der Waals surface area contributed by atoms with Gasteiger partial charge in [-0.1, -0.05) is 38.1 Å². The monoisotopic (exact) mass is 418 g/mol. The van der Waals surface area contributed by atoms with Crippen LogP contribution in [0.5, 0.6) is 5.75 Å². The van der Waals surface area contributed by atoms with Crippen LogP contribution in [0.2, 0.25) is 0 Å². The Morgan fingerprint density at radius 1 is 1.03 bits per heavy atom. The number of methoxy groups -OCH3 is 1. The summed E-state index contributed by atoms with van der Waals surface area (Å²) in [4.78, 5) is 12.6. The summed E-state index contributed by atoms with van der Waals surface area (Å²) in [5.41, 5.74) is 1.93. The van der Waals surface area contributed by atoms with Crippen LogP contribution in [-0.2, 0) is 21.2 Å². The highest BCUT2D eigenvalue weighted by atomic mass is 32.2. The Balaban J connectivity index is 1.91. The van der Waals surface area contributed by atoms with Gasteiger partial charge in [0.15, 0.2) is 0 Å². The van der Waals surface area contributed by atoms with Gasteiger partial charge in [-0.05, 0) is 48.7 Å². The molecule has 0 saturated heterocycles. The van der Waals surface area contributed by atoms with Crippen molar-refractivity contribution in [3.05, 3.63) is 59.7 Å². The Labute approximate surface area is 173 Å². The molecule has 29 heavy (non-hydrogen) atoms. The number of nitrogens with zero attached hydrogens (tertiary/aromatic N) is 1. The second-order valence-corrected chi connectivity index (χ2v) is 8.73. The minimum absolute atomic E-state index is 0.0480. The second-order valence-electron chi connectivity index (χ2n) is 6.80. The van der Waals surface area contributed by atoms with Crippen LogP contribution in [0.15, 0.2) is 53.4 Å². The van der Waals surface area contributed by atoms with E-state index in [9.17, 15) is 13.2 Å². The van der Waals surface area contributed by atoms with Crippen molar-refractivity contribution >= 4 is 15.9 Å². The number of rotatable bonds is 10.